The highest BCUT2D eigenvalue weighted by Crippen LogP contribution is 2.41. The van der Waals surface area contributed by atoms with E-state index >= 15 is 0 Å². The Morgan fingerprint density at radius 1 is 1.04 bits per heavy atom. The number of aromatic amines is 2. The lowest BCUT2D eigenvalue weighted by Gasteiger charge is -2.20. The Hall–Kier alpha value is -3.64. The molecule has 0 bridgehead atoms. The number of carbonyl (C=O) groups is 1. The van der Waals surface area contributed by atoms with Crippen LogP contribution in [0.2, 0.25) is 5.02 Å². The SMILES string of the molecule is CCOC(=O)c1[nH]c2c(-c3c(CC)n[nH]c3CN(CC)S(=O)(=O)CCCCl)c(Cl)ccc2c1CCCOc1cccc2cc(F)ccc12. The maximum atomic E-state index is 13.8. The zero-order valence-electron chi connectivity index (χ0n) is 27.2. The van der Waals surface area contributed by atoms with E-state index in [1.165, 1.54) is 16.4 Å². The molecule has 0 saturated heterocycles. The monoisotopic (exact) mass is 716 g/mol. The van der Waals surface area contributed by atoms with Crippen molar-refractivity contribution in [1.29, 1.82) is 0 Å². The molecule has 2 heterocycles. The molecule has 256 valence electrons. The molecule has 0 spiro atoms. The van der Waals surface area contributed by atoms with Gasteiger partial charge < -0.3 is 14.5 Å². The zero-order valence-corrected chi connectivity index (χ0v) is 29.5. The summed E-state index contributed by atoms with van der Waals surface area (Å²) in [6.07, 6.45) is 1.95. The highest BCUT2D eigenvalue weighted by atomic mass is 35.5. The van der Waals surface area contributed by atoms with E-state index in [4.69, 9.17) is 32.7 Å². The van der Waals surface area contributed by atoms with Crippen molar-refractivity contribution in [2.24, 2.45) is 0 Å². The standard InChI is InChI=1S/C35H39Cl2FN4O5S/c1-4-28-32(29(41-40-28)21-42(5-2)48(44,45)19-9-17-36)31-27(37)16-15-26-25(34(39-33(26)31)35(43)46-6-3)11-8-18-47-30-12-7-10-22-20-23(38)13-14-24(22)30/h7,10,12-16,20,39H,4-6,8-9,11,17-19,21H2,1-3H3,(H,40,41). The minimum Gasteiger partial charge on any atom is -0.493 e. The number of aromatic nitrogens is 3. The number of halogens is 3. The molecular formula is C35H39Cl2FN4O5S. The molecule has 0 aliphatic rings. The minimum absolute atomic E-state index is 0.0591. The van der Waals surface area contributed by atoms with Gasteiger partial charge in [-0.1, -0.05) is 43.6 Å². The summed E-state index contributed by atoms with van der Waals surface area (Å²) >= 11 is 12.7. The Bertz CT molecular complexity index is 2030. The molecule has 0 atom stereocenters. The van der Waals surface area contributed by atoms with Crippen LogP contribution in [-0.4, -0.2) is 65.3 Å². The Balaban J connectivity index is 1.51. The number of sulfonamides is 1. The molecule has 5 rings (SSSR count). The maximum Gasteiger partial charge on any atom is 0.355 e. The first-order valence-electron chi connectivity index (χ1n) is 16.0. The van der Waals surface area contributed by atoms with Crippen molar-refractivity contribution in [2.75, 3.05) is 31.4 Å². The first-order valence-corrected chi connectivity index (χ1v) is 18.6. The Labute approximate surface area is 289 Å². The maximum absolute atomic E-state index is 13.8. The van der Waals surface area contributed by atoms with Gasteiger partial charge in [-0.15, -0.1) is 11.6 Å². The van der Waals surface area contributed by atoms with Crippen LogP contribution >= 0.6 is 23.2 Å². The highest BCUT2D eigenvalue weighted by Gasteiger charge is 2.28. The molecule has 0 aliphatic carbocycles. The van der Waals surface area contributed by atoms with Gasteiger partial charge in [-0.3, -0.25) is 5.10 Å². The Morgan fingerprint density at radius 3 is 2.56 bits per heavy atom. The van der Waals surface area contributed by atoms with Crippen LogP contribution < -0.4 is 4.74 Å². The van der Waals surface area contributed by atoms with Gasteiger partial charge >= 0.3 is 5.97 Å². The summed E-state index contributed by atoms with van der Waals surface area (Å²) in [6, 6.07) is 13.7. The third-order valence-corrected chi connectivity index (χ3v) is 10.8. The van der Waals surface area contributed by atoms with Gasteiger partial charge in [0.25, 0.3) is 0 Å². The van der Waals surface area contributed by atoms with Crippen molar-refractivity contribution in [2.45, 2.75) is 53.0 Å². The molecular weight excluding hydrogens is 678 g/mol. The van der Waals surface area contributed by atoms with E-state index in [2.05, 4.69) is 15.2 Å². The van der Waals surface area contributed by atoms with E-state index in [0.29, 0.717) is 76.8 Å². The number of benzene rings is 3. The number of hydrogen-bond acceptors (Lipinski definition) is 6. The number of nitrogens with zero attached hydrogens (tertiary/aromatic N) is 2. The summed E-state index contributed by atoms with van der Waals surface area (Å²) in [5.41, 5.74) is 4.33. The van der Waals surface area contributed by atoms with Crippen LogP contribution in [0, 0.1) is 5.82 Å². The summed E-state index contributed by atoms with van der Waals surface area (Å²) in [6.45, 7) is 6.37. The third-order valence-electron chi connectivity index (χ3n) is 8.26. The van der Waals surface area contributed by atoms with Gasteiger partial charge in [-0.05, 0) is 73.9 Å². The fourth-order valence-corrected chi connectivity index (χ4v) is 8.02. The number of rotatable bonds is 16. The van der Waals surface area contributed by atoms with Crippen LogP contribution in [0.3, 0.4) is 0 Å². The molecule has 0 radical (unpaired) electrons. The van der Waals surface area contributed by atoms with Gasteiger partial charge in [0.2, 0.25) is 10.0 Å². The van der Waals surface area contributed by atoms with Crippen LogP contribution in [0.4, 0.5) is 4.39 Å². The number of fused-ring (bicyclic) bond motifs is 2. The van der Waals surface area contributed by atoms with Crippen LogP contribution in [0.5, 0.6) is 5.75 Å². The summed E-state index contributed by atoms with van der Waals surface area (Å²) in [7, 11) is -3.58. The zero-order chi connectivity index (χ0) is 34.4. The molecule has 0 unspecified atom stereocenters. The average molecular weight is 718 g/mol. The molecule has 9 nitrogen and oxygen atoms in total. The van der Waals surface area contributed by atoms with E-state index in [1.54, 1.807) is 26.0 Å². The van der Waals surface area contributed by atoms with E-state index < -0.39 is 16.0 Å². The van der Waals surface area contributed by atoms with Crippen molar-refractivity contribution >= 4 is 60.9 Å². The lowest BCUT2D eigenvalue weighted by Crippen LogP contribution is -2.33. The van der Waals surface area contributed by atoms with Gasteiger partial charge in [0.05, 0.1) is 47.4 Å². The van der Waals surface area contributed by atoms with Gasteiger partial charge in [0, 0.05) is 34.3 Å². The van der Waals surface area contributed by atoms with E-state index in [0.717, 1.165) is 21.7 Å². The molecule has 3 aromatic carbocycles. The third kappa shape index (κ3) is 7.49. The summed E-state index contributed by atoms with van der Waals surface area (Å²) in [5.74, 6) is 0.0349. The first-order chi connectivity index (χ1) is 23.1. The second-order valence-corrected chi connectivity index (χ2v) is 14.2. The summed E-state index contributed by atoms with van der Waals surface area (Å²) in [4.78, 5) is 16.6. The predicted octanol–water partition coefficient (Wildman–Crippen LogP) is 8.04. The van der Waals surface area contributed by atoms with Crippen LogP contribution in [0.1, 0.15) is 61.1 Å². The number of aryl methyl sites for hydroxylation is 2. The van der Waals surface area contributed by atoms with Gasteiger partial charge in [0.1, 0.15) is 17.3 Å². The fraction of sp³-hybridized carbons (Fsp3) is 0.371. The number of nitrogens with one attached hydrogen (secondary N) is 2. The Morgan fingerprint density at radius 2 is 1.83 bits per heavy atom. The van der Waals surface area contributed by atoms with Gasteiger partial charge in [-0.2, -0.15) is 9.40 Å². The van der Waals surface area contributed by atoms with E-state index in [1.807, 2.05) is 31.2 Å². The summed E-state index contributed by atoms with van der Waals surface area (Å²) in [5, 5.41) is 10.4. The minimum atomic E-state index is -3.58. The van der Waals surface area contributed by atoms with Crippen molar-refractivity contribution < 1.29 is 27.1 Å². The lowest BCUT2D eigenvalue weighted by atomic mass is 9.97. The lowest BCUT2D eigenvalue weighted by molar-refractivity contribution is 0.0519. The van der Waals surface area contributed by atoms with E-state index in [9.17, 15) is 17.6 Å². The van der Waals surface area contributed by atoms with Crippen LogP contribution in [-0.2, 0) is 34.1 Å². The molecule has 2 N–H and O–H groups in total. The van der Waals surface area contributed by atoms with Crippen LogP contribution in [0.25, 0.3) is 32.8 Å². The molecule has 13 heteroatoms. The second-order valence-electron chi connectivity index (χ2n) is 11.3. The molecule has 2 aromatic heterocycles. The van der Waals surface area contributed by atoms with Crippen LogP contribution in [0.15, 0.2) is 48.5 Å². The topological polar surface area (TPSA) is 117 Å². The number of alkyl halides is 1. The quantitative estimate of drug-likeness (QED) is 0.0607. The largest absolute Gasteiger partial charge is 0.493 e. The molecule has 0 aliphatic heterocycles. The smallest absolute Gasteiger partial charge is 0.355 e. The van der Waals surface area contributed by atoms with E-state index in [-0.39, 0.29) is 37.1 Å². The van der Waals surface area contributed by atoms with Gasteiger partial charge in [-0.25, -0.2) is 17.6 Å². The number of H-pyrrole nitrogens is 2. The molecule has 48 heavy (non-hydrogen) atoms. The number of hydrogen-bond donors (Lipinski definition) is 2. The van der Waals surface area contributed by atoms with Crippen molar-refractivity contribution in [3.05, 3.63) is 82.0 Å². The summed E-state index contributed by atoms with van der Waals surface area (Å²) < 4.78 is 53.0. The number of ether oxygens (including phenoxy) is 2. The second kappa shape index (κ2) is 15.7. The Kier molecular flexibility index (Phi) is 11.7. The van der Waals surface area contributed by atoms with Crippen molar-refractivity contribution in [3.63, 3.8) is 0 Å². The number of esters is 1. The first kappa shape index (κ1) is 35.7. The molecule has 0 fully saturated rings. The average Bonchev–Trinajstić information content (AvgIpc) is 3.65. The molecule has 0 amide bonds. The van der Waals surface area contributed by atoms with Gasteiger partial charge in [0.15, 0.2) is 0 Å². The van der Waals surface area contributed by atoms with Crippen molar-refractivity contribution in [3.8, 4) is 16.9 Å². The molecule has 5 aromatic rings. The molecule has 0 saturated carbocycles. The normalized spacial score (nSPS) is 12.0. The highest BCUT2D eigenvalue weighted by molar-refractivity contribution is 7.89. The predicted molar refractivity (Wildman–Crippen MR) is 189 cm³/mol. The van der Waals surface area contributed by atoms with Crippen molar-refractivity contribution in [1.82, 2.24) is 19.5 Å². The number of carbonyl (C=O) groups excluding carboxylic acids is 1. The fourth-order valence-electron chi connectivity index (χ4n) is 5.99.